The lowest BCUT2D eigenvalue weighted by Crippen LogP contribution is -2.11. The highest BCUT2D eigenvalue weighted by molar-refractivity contribution is 8.00. The number of benzene rings is 1. The van der Waals surface area contributed by atoms with Gasteiger partial charge in [0, 0.05) is 11.7 Å². The molecule has 1 aliphatic rings. The number of carbonyl (C=O) groups is 1. The van der Waals surface area contributed by atoms with Gasteiger partial charge in [0.1, 0.15) is 5.78 Å². The van der Waals surface area contributed by atoms with Crippen LogP contribution in [-0.2, 0) is 11.2 Å². The minimum Gasteiger partial charge on any atom is -0.298 e. The number of hydrogen-bond donors (Lipinski definition) is 0. The Morgan fingerprint density at radius 1 is 1.16 bits per heavy atom. The van der Waals surface area contributed by atoms with Crippen LogP contribution in [0.25, 0.3) is 0 Å². The molecule has 1 aliphatic carbocycles. The van der Waals surface area contributed by atoms with Crippen LogP contribution in [0.5, 0.6) is 0 Å². The molecule has 0 spiro atoms. The molecule has 0 aliphatic heterocycles. The van der Waals surface area contributed by atoms with Crippen LogP contribution in [-0.4, -0.2) is 16.8 Å². The van der Waals surface area contributed by atoms with Crippen LogP contribution < -0.4 is 0 Å². The molecular formula is C17H24OS. The minimum absolute atomic E-state index is 0.381. The number of Topliss-reactive ketones (excluding diaryl/α,β-unsaturated/α-hetero) is 1. The molecule has 0 atom stereocenters. The molecule has 2 rings (SSSR count). The summed E-state index contributed by atoms with van der Waals surface area (Å²) in [5.74, 6) is 1.07. The average molecular weight is 276 g/mol. The fourth-order valence-corrected chi connectivity index (χ4v) is 4.19. The molecule has 0 aromatic heterocycles. The molecule has 0 N–H and O–H groups in total. The highest BCUT2D eigenvalue weighted by Gasteiger charge is 2.17. The van der Waals surface area contributed by atoms with Crippen LogP contribution in [0.4, 0.5) is 0 Å². The van der Waals surface area contributed by atoms with Crippen molar-refractivity contribution in [3.05, 3.63) is 34.4 Å². The maximum absolute atomic E-state index is 12.1. The van der Waals surface area contributed by atoms with Gasteiger partial charge in [0.25, 0.3) is 0 Å². The summed E-state index contributed by atoms with van der Waals surface area (Å²) in [6.45, 7) is 6.35. The zero-order valence-electron chi connectivity index (χ0n) is 12.3. The van der Waals surface area contributed by atoms with E-state index in [9.17, 15) is 4.79 Å². The first-order valence-electron chi connectivity index (χ1n) is 7.26. The van der Waals surface area contributed by atoms with Crippen LogP contribution in [0.1, 0.15) is 47.9 Å². The Hall–Kier alpha value is -0.760. The Morgan fingerprint density at radius 3 is 2.32 bits per heavy atom. The molecule has 1 saturated carbocycles. The molecule has 0 bridgehead atoms. The summed E-state index contributed by atoms with van der Waals surface area (Å²) in [4.78, 5) is 12.1. The number of thioether (sulfide) groups is 1. The standard InChI is InChI=1S/C17H24OS/c1-12-8-13(2)17(14(3)9-12)10-15(18)11-19-16-6-4-5-7-16/h8-9,16H,4-7,10-11H2,1-3H3. The van der Waals surface area contributed by atoms with Crippen molar-refractivity contribution in [3.8, 4) is 0 Å². The van der Waals surface area contributed by atoms with Crippen molar-refractivity contribution in [1.29, 1.82) is 0 Å². The number of ketones is 1. The molecule has 0 saturated heterocycles. The average Bonchev–Trinajstić information content (AvgIpc) is 2.84. The van der Waals surface area contributed by atoms with Gasteiger partial charge in [0.15, 0.2) is 0 Å². The molecule has 1 nitrogen and oxygen atoms in total. The Bertz CT molecular complexity index is 435. The lowest BCUT2D eigenvalue weighted by molar-refractivity contribution is -0.116. The maximum atomic E-state index is 12.1. The van der Waals surface area contributed by atoms with Crippen molar-refractivity contribution in [3.63, 3.8) is 0 Å². The SMILES string of the molecule is Cc1cc(C)c(CC(=O)CSC2CCCC2)c(C)c1. The third-order valence-corrected chi connectivity index (χ3v) is 5.43. The summed E-state index contributed by atoms with van der Waals surface area (Å²) in [5, 5.41) is 0.740. The monoisotopic (exact) mass is 276 g/mol. The summed E-state index contributed by atoms with van der Waals surface area (Å²) >= 11 is 1.88. The van der Waals surface area contributed by atoms with E-state index in [0.29, 0.717) is 18.0 Å². The van der Waals surface area contributed by atoms with Crippen molar-refractivity contribution in [1.82, 2.24) is 0 Å². The van der Waals surface area contributed by atoms with Crippen molar-refractivity contribution in [2.24, 2.45) is 0 Å². The summed E-state index contributed by atoms with van der Waals surface area (Å²) in [5.41, 5.74) is 5.04. The second-order valence-electron chi connectivity index (χ2n) is 5.81. The highest BCUT2D eigenvalue weighted by Crippen LogP contribution is 2.29. The second-order valence-corrected chi connectivity index (χ2v) is 7.10. The lowest BCUT2D eigenvalue weighted by Gasteiger charge is -2.12. The van der Waals surface area contributed by atoms with E-state index >= 15 is 0 Å². The first kappa shape index (κ1) is 14.6. The fraction of sp³-hybridized carbons (Fsp3) is 0.588. The van der Waals surface area contributed by atoms with E-state index in [1.165, 1.54) is 47.9 Å². The van der Waals surface area contributed by atoms with Crippen molar-refractivity contribution < 1.29 is 4.79 Å². The lowest BCUT2D eigenvalue weighted by atomic mass is 9.96. The third kappa shape index (κ3) is 4.10. The smallest absolute Gasteiger partial charge is 0.147 e. The molecule has 1 aromatic carbocycles. The molecule has 1 fully saturated rings. The number of hydrogen-bond acceptors (Lipinski definition) is 2. The van der Waals surface area contributed by atoms with Gasteiger partial charge in [-0.3, -0.25) is 4.79 Å². The molecule has 2 heteroatoms. The molecule has 104 valence electrons. The Labute approximate surface area is 121 Å². The quantitative estimate of drug-likeness (QED) is 0.793. The summed E-state index contributed by atoms with van der Waals surface area (Å²) < 4.78 is 0. The number of aryl methyl sites for hydroxylation is 3. The van der Waals surface area contributed by atoms with Gasteiger partial charge < -0.3 is 0 Å². The maximum Gasteiger partial charge on any atom is 0.147 e. The summed E-state index contributed by atoms with van der Waals surface area (Å²) in [6.07, 6.45) is 5.92. The van der Waals surface area contributed by atoms with E-state index < -0.39 is 0 Å². The van der Waals surface area contributed by atoms with Gasteiger partial charge >= 0.3 is 0 Å². The Kier molecular flexibility index (Phi) is 5.09. The van der Waals surface area contributed by atoms with E-state index in [1.807, 2.05) is 11.8 Å². The van der Waals surface area contributed by atoms with Crippen LogP contribution in [0.15, 0.2) is 12.1 Å². The van der Waals surface area contributed by atoms with Crippen molar-refractivity contribution in [2.75, 3.05) is 5.75 Å². The van der Waals surface area contributed by atoms with E-state index in [4.69, 9.17) is 0 Å². The van der Waals surface area contributed by atoms with Crippen molar-refractivity contribution >= 4 is 17.5 Å². The Balaban J connectivity index is 1.91. The van der Waals surface area contributed by atoms with Gasteiger partial charge in [-0.2, -0.15) is 11.8 Å². The van der Waals surface area contributed by atoms with E-state index in [2.05, 4.69) is 32.9 Å². The molecule has 0 amide bonds. The van der Waals surface area contributed by atoms with Gasteiger partial charge in [-0.25, -0.2) is 0 Å². The highest BCUT2D eigenvalue weighted by atomic mass is 32.2. The predicted molar refractivity (Wildman–Crippen MR) is 84.1 cm³/mol. The molecule has 0 radical (unpaired) electrons. The molecule has 0 unspecified atom stereocenters. The first-order valence-corrected chi connectivity index (χ1v) is 8.31. The van der Waals surface area contributed by atoms with E-state index in [-0.39, 0.29) is 0 Å². The van der Waals surface area contributed by atoms with Gasteiger partial charge in [-0.1, -0.05) is 30.5 Å². The zero-order valence-corrected chi connectivity index (χ0v) is 13.1. The third-order valence-electron chi connectivity index (χ3n) is 4.00. The zero-order chi connectivity index (χ0) is 13.8. The molecule has 19 heavy (non-hydrogen) atoms. The van der Waals surface area contributed by atoms with Gasteiger partial charge in [-0.15, -0.1) is 0 Å². The first-order chi connectivity index (χ1) is 9.06. The van der Waals surface area contributed by atoms with Crippen LogP contribution >= 0.6 is 11.8 Å². The van der Waals surface area contributed by atoms with Gasteiger partial charge in [-0.05, 0) is 50.3 Å². The summed E-state index contributed by atoms with van der Waals surface area (Å²) in [7, 11) is 0. The topological polar surface area (TPSA) is 17.1 Å². The summed E-state index contributed by atoms with van der Waals surface area (Å²) in [6, 6.07) is 4.36. The van der Waals surface area contributed by atoms with Crippen molar-refractivity contribution in [2.45, 2.75) is 58.1 Å². The predicted octanol–water partition coefficient (Wildman–Crippen LogP) is 4.40. The van der Waals surface area contributed by atoms with Gasteiger partial charge in [0.2, 0.25) is 0 Å². The molecule has 0 heterocycles. The second kappa shape index (κ2) is 6.60. The molecule has 1 aromatic rings. The Morgan fingerprint density at radius 2 is 1.74 bits per heavy atom. The van der Waals surface area contributed by atoms with Gasteiger partial charge in [0.05, 0.1) is 5.75 Å². The van der Waals surface area contributed by atoms with E-state index in [1.54, 1.807) is 0 Å². The normalized spacial score (nSPS) is 15.9. The largest absolute Gasteiger partial charge is 0.298 e. The number of carbonyl (C=O) groups excluding carboxylic acids is 1. The number of rotatable bonds is 5. The molecular weight excluding hydrogens is 252 g/mol. The fourth-order valence-electron chi connectivity index (χ4n) is 3.00. The minimum atomic E-state index is 0.381. The van der Waals surface area contributed by atoms with Crippen LogP contribution in [0.3, 0.4) is 0 Å². The van der Waals surface area contributed by atoms with Crippen LogP contribution in [0, 0.1) is 20.8 Å². The van der Waals surface area contributed by atoms with E-state index in [0.717, 1.165) is 5.25 Å². The van der Waals surface area contributed by atoms with Crippen LogP contribution in [0.2, 0.25) is 0 Å².